The van der Waals surface area contributed by atoms with Gasteiger partial charge in [-0.25, -0.2) is 0 Å². The van der Waals surface area contributed by atoms with Crippen molar-refractivity contribution in [3.8, 4) is 0 Å². The summed E-state index contributed by atoms with van der Waals surface area (Å²) in [7, 11) is 0. The maximum absolute atomic E-state index is 12.4. The fourth-order valence-corrected chi connectivity index (χ4v) is 2.91. The smallest absolute Gasteiger partial charge is 0.250 e. The third-order valence-corrected chi connectivity index (χ3v) is 4.15. The predicted octanol–water partition coefficient (Wildman–Crippen LogP) is 1.34. The van der Waals surface area contributed by atoms with Crippen molar-refractivity contribution < 1.29 is 9.32 Å². The van der Waals surface area contributed by atoms with Gasteiger partial charge in [0.15, 0.2) is 5.82 Å². The first-order valence-electron chi connectivity index (χ1n) is 7.87. The summed E-state index contributed by atoms with van der Waals surface area (Å²) in [5.74, 6) is 1.42. The van der Waals surface area contributed by atoms with Crippen molar-refractivity contribution in [3.63, 3.8) is 0 Å². The van der Waals surface area contributed by atoms with Gasteiger partial charge in [0.05, 0.1) is 0 Å². The highest BCUT2D eigenvalue weighted by atomic mass is 16.5. The van der Waals surface area contributed by atoms with E-state index in [-0.39, 0.29) is 17.4 Å². The number of likely N-dealkylation sites (tertiary alicyclic amines) is 1. The van der Waals surface area contributed by atoms with Crippen molar-refractivity contribution in [2.45, 2.75) is 38.6 Å². The second kappa shape index (κ2) is 6.76. The van der Waals surface area contributed by atoms with E-state index in [2.05, 4.69) is 10.1 Å². The van der Waals surface area contributed by atoms with E-state index in [1.54, 1.807) is 29.8 Å². The number of hydrogen-bond acceptors (Lipinski definition) is 5. The van der Waals surface area contributed by atoms with E-state index in [1.807, 2.05) is 4.90 Å². The number of aromatic nitrogens is 3. The fraction of sp³-hybridized carbons (Fsp3) is 0.500. The Morgan fingerprint density at radius 2 is 2.30 bits per heavy atom. The van der Waals surface area contributed by atoms with Crippen LogP contribution < -0.4 is 5.56 Å². The summed E-state index contributed by atoms with van der Waals surface area (Å²) >= 11 is 0. The number of carbonyl (C=O) groups is 1. The van der Waals surface area contributed by atoms with E-state index in [4.69, 9.17) is 4.52 Å². The second-order valence-corrected chi connectivity index (χ2v) is 5.83. The van der Waals surface area contributed by atoms with Crippen LogP contribution in [0.2, 0.25) is 0 Å². The van der Waals surface area contributed by atoms with Crippen molar-refractivity contribution >= 4 is 5.91 Å². The van der Waals surface area contributed by atoms with Crippen LogP contribution in [0.1, 0.15) is 36.9 Å². The van der Waals surface area contributed by atoms with Gasteiger partial charge in [0.25, 0.3) is 5.56 Å². The Hall–Kier alpha value is -2.44. The maximum atomic E-state index is 12.4. The lowest BCUT2D eigenvalue weighted by atomic mass is 9.97. The van der Waals surface area contributed by atoms with Crippen molar-refractivity contribution in [2.75, 3.05) is 13.1 Å². The van der Waals surface area contributed by atoms with E-state index in [9.17, 15) is 9.59 Å². The number of rotatable bonds is 4. The molecular formula is C16H20N4O3. The minimum atomic E-state index is -0.0842. The zero-order valence-corrected chi connectivity index (χ0v) is 13.1. The highest BCUT2D eigenvalue weighted by Crippen LogP contribution is 2.25. The third-order valence-electron chi connectivity index (χ3n) is 4.15. The van der Waals surface area contributed by atoms with E-state index in [0.29, 0.717) is 31.2 Å². The molecule has 7 heteroatoms. The van der Waals surface area contributed by atoms with E-state index >= 15 is 0 Å². The maximum Gasteiger partial charge on any atom is 0.250 e. The molecule has 0 radical (unpaired) electrons. The van der Waals surface area contributed by atoms with Crippen LogP contribution in [-0.4, -0.2) is 38.6 Å². The van der Waals surface area contributed by atoms with E-state index in [1.165, 1.54) is 6.07 Å². The molecule has 7 nitrogen and oxygen atoms in total. The molecule has 2 aromatic rings. The zero-order chi connectivity index (χ0) is 16.2. The average molecular weight is 316 g/mol. The van der Waals surface area contributed by atoms with Crippen LogP contribution in [0.3, 0.4) is 0 Å². The number of hydrogen-bond donors (Lipinski definition) is 0. The number of piperidine rings is 1. The Balaban J connectivity index is 1.59. The molecule has 1 atom stereocenters. The zero-order valence-electron chi connectivity index (χ0n) is 13.1. The van der Waals surface area contributed by atoms with Gasteiger partial charge in [-0.15, -0.1) is 0 Å². The lowest BCUT2D eigenvalue weighted by molar-refractivity contribution is -0.132. The molecule has 1 aliphatic heterocycles. The van der Waals surface area contributed by atoms with Crippen molar-refractivity contribution in [1.82, 2.24) is 19.6 Å². The number of nitrogens with zero attached hydrogens (tertiary/aromatic N) is 4. The second-order valence-electron chi connectivity index (χ2n) is 5.83. The molecule has 0 bridgehead atoms. The van der Waals surface area contributed by atoms with Gasteiger partial charge in [0, 0.05) is 51.2 Å². The van der Waals surface area contributed by atoms with Crippen LogP contribution >= 0.6 is 0 Å². The molecule has 3 rings (SSSR count). The molecule has 0 aromatic carbocycles. The van der Waals surface area contributed by atoms with Crippen LogP contribution in [0, 0.1) is 6.92 Å². The lowest BCUT2D eigenvalue weighted by Crippen LogP contribution is -2.40. The van der Waals surface area contributed by atoms with Crippen LogP contribution in [0.5, 0.6) is 0 Å². The quantitative estimate of drug-likeness (QED) is 0.850. The van der Waals surface area contributed by atoms with Gasteiger partial charge in [0.2, 0.25) is 11.8 Å². The van der Waals surface area contributed by atoms with Gasteiger partial charge in [-0.05, 0) is 18.9 Å². The summed E-state index contributed by atoms with van der Waals surface area (Å²) in [5, 5.41) is 3.97. The standard InChI is InChI=1S/C16H20N4O3/c1-12-17-16(18-23-12)13-5-4-9-20(11-13)15(22)7-10-19-8-3-2-6-14(19)21/h2-3,6,8,13H,4-5,7,9-11H2,1H3/t13-/m1/s1. The first-order valence-corrected chi connectivity index (χ1v) is 7.87. The normalized spacial score (nSPS) is 18.1. The first-order chi connectivity index (χ1) is 11.1. The molecule has 23 heavy (non-hydrogen) atoms. The molecule has 0 saturated carbocycles. The summed E-state index contributed by atoms with van der Waals surface area (Å²) in [6, 6.07) is 4.99. The Labute approximate surface area is 133 Å². The Morgan fingerprint density at radius 3 is 3.04 bits per heavy atom. The van der Waals surface area contributed by atoms with Crippen molar-refractivity contribution in [2.24, 2.45) is 0 Å². The summed E-state index contributed by atoms with van der Waals surface area (Å²) in [6.45, 7) is 3.53. The summed E-state index contributed by atoms with van der Waals surface area (Å²) in [5.41, 5.74) is -0.0842. The monoisotopic (exact) mass is 316 g/mol. The molecule has 122 valence electrons. The first kappa shape index (κ1) is 15.5. The van der Waals surface area contributed by atoms with E-state index in [0.717, 1.165) is 19.4 Å². The van der Waals surface area contributed by atoms with Gasteiger partial charge < -0.3 is 14.0 Å². The van der Waals surface area contributed by atoms with Gasteiger partial charge in [-0.2, -0.15) is 4.98 Å². The third kappa shape index (κ3) is 3.67. The summed E-state index contributed by atoms with van der Waals surface area (Å²) < 4.78 is 6.59. The minimum Gasteiger partial charge on any atom is -0.342 e. The van der Waals surface area contributed by atoms with Crippen LogP contribution in [0.15, 0.2) is 33.7 Å². The molecule has 0 unspecified atom stereocenters. The average Bonchev–Trinajstić information content (AvgIpc) is 3.00. The highest BCUT2D eigenvalue weighted by molar-refractivity contribution is 5.76. The minimum absolute atomic E-state index is 0.0608. The van der Waals surface area contributed by atoms with Crippen LogP contribution in [0.25, 0.3) is 0 Å². The summed E-state index contributed by atoms with van der Waals surface area (Å²) in [4.78, 5) is 30.2. The largest absolute Gasteiger partial charge is 0.342 e. The molecule has 1 saturated heterocycles. The number of amides is 1. The number of pyridine rings is 1. The Morgan fingerprint density at radius 1 is 1.43 bits per heavy atom. The molecule has 1 fully saturated rings. The van der Waals surface area contributed by atoms with Crippen LogP contribution in [-0.2, 0) is 11.3 Å². The lowest BCUT2D eigenvalue weighted by Gasteiger charge is -2.31. The molecule has 0 spiro atoms. The topological polar surface area (TPSA) is 81.2 Å². The SMILES string of the molecule is Cc1nc([C@@H]2CCCN(C(=O)CCn3ccccc3=O)C2)no1. The fourth-order valence-electron chi connectivity index (χ4n) is 2.91. The molecule has 3 heterocycles. The molecule has 2 aromatic heterocycles. The van der Waals surface area contributed by atoms with Crippen molar-refractivity contribution in [3.05, 3.63) is 46.5 Å². The summed E-state index contributed by atoms with van der Waals surface area (Å²) in [6.07, 6.45) is 3.91. The van der Waals surface area contributed by atoms with Gasteiger partial charge in [0.1, 0.15) is 0 Å². The predicted molar refractivity (Wildman–Crippen MR) is 82.9 cm³/mol. The Kier molecular flexibility index (Phi) is 4.55. The van der Waals surface area contributed by atoms with Gasteiger partial charge in [-0.3, -0.25) is 9.59 Å². The van der Waals surface area contributed by atoms with E-state index < -0.39 is 0 Å². The Bertz CT molecular complexity index is 737. The number of aryl methyl sites for hydroxylation is 2. The molecule has 0 N–H and O–H groups in total. The van der Waals surface area contributed by atoms with Crippen molar-refractivity contribution in [1.29, 1.82) is 0 Å². The highest BCUT2D eigenvalue weighted by Gasteiger charge is 2.27. The van der Waals surface area contributed by atoms with Gasteiger partial charge >= 0.3 is 0 Å². The number of carbonyl (C=O) groups excluding carboxylic acids is 1. The van der Waals surface area contributed by atoms with Crippen LogP contribution in [0.4, 0.5) is 0 Å². The molecule has 1 amide bonds. The molecule has 1 aliphatic rings. The molecular weight excluding hydrogens is 296 g/mol. The molecule has 0 aliphatic carbocycles. The van der Waals surface area contributed by atoms with Gasteiger partial charge in [-0.1, -0.05) is 11.2 Å².